The lowest BCUT2D eigenvalue weighted by Gasteiger charge is -2.16. The first-order chi connectivity index (χ1) is 12.2. The molecule has 1 N–H and O–H groups in total. The minimum atomic E-state index is -0.532. The molecule has 0 saturated carbocycles. The Morgan fingerprint density at radius 3 is 2.92 bits per heavy atom. The molecule has 1 aliphatic heterocycles. The first-order valence-electron chi connectivity index (χ1n) is 8.66. The summed E-state index contributed by atoms with van der Waals surface area (Å²) in [6, 6.07) is 13.6. The number of furan rings is 1. The van der Waals surface area contributed by atoms with Crippen molar-refractivity contribution in [3.05, 3.63) is 42.5 Å². The molecule has 2 heterocycles. The number of ether oxygens (including phenoxy) is 2. The van der Waals surface area contributed by atoms with E-state index in [0.717, 1.165) is 41.4 Å². The fraction of sp³-hybridized carbons (Fsp3) is 0.350. The SMILES string of the molecule is C[C@@H](OC[C@H]1CCCO1)C(=O)Nc1ccc2c(c1)oc1ccccc12. The van der Waals surface area contributed by atoms with Gasteiger partial charge in [0.1, 0.15) is 17.3 Å². The minimum Gasteiger partial charge on any atom is -0.456 e. The van der Waals surface area contributed by atoms with E-state index in [2.05, 4.69) is 5.32 Å². The van der Waals surface area contributed by atoms with Crippen molar-refractivity contribution in [2.75, 3.05) is 18.5 Å². The van der Waals surface area contributed by atoms with Gasteiger partial charge in [0.05, 0.1) is 12.7 Å². The summed E-state index contributed by atoms with van der Waals surface area (Å²) in [5.41, 5.74) is 2.30. The standard InChI is InChI=1S/C20H21NO4/c1-13(24-12-15-5-4-10-23-15)20(22)21-14-8-9-17-16-6-2-3-7-18(16)25-19(17)11-14/h2-3,6-9,11,13,15H,4-5,10,12H2,1H3,(H,21,22)/t13-,15-/m1/s1. The van der Waals surface area contributed by atoms with Crippen molar-refractivity contribution in [1.29, 1.82) is 0 Å². The third-order valence-corrected chi connectivity index (χ3v) is 4.57. The molecule has 130 valence electrons. The van der Waals surface area contributed by atoms with E-state index in [1.807, 2.05) is 42.5 Å². The molecule has 3 aromatic rings. The van der Waals surface area contributed by atoms with E-state index < -0.39 is 6.10 Å². The quantitative estimate of drug-likeness (QED) is 0.760. The molecule has 5 heteroatoms. The van der Waals surface area contributed by atoms with Gasteiger partial charge in [-0.1, -0.05) is 18.2 Å². The summed E-state index contributed by atoms with van der Waals surface area (Å²) in [7, 11) is 0. The molecule has 5 nitrogen and oxygen atoms in total. The van der Waals surface area contributed by atoms with Crippen LogP contribution in [0.3, 0.4) is 0 Å². The molecule has 2 aromatic carbocycles. The Morgan fingerprint density at radius 1 is 1.24 bits per heavy atom. The molecule has 1 amide bonds. The fourth-order valence-electron chi connectivity index (χ4n) is 3.15. The Kier molecular flexibility index (Phi) is 4.42. The highest BCUT2D eigenvalue weighted by Gasteiger charge is 2.20. The van der Waals surface area contributed by atoms with Crippen LogP contribution >= 0.6 is 0 Å². The number of benzene rings is 2. The van der Waals surface area contributed by atoms with Crippen LogP contribution in [0, 0.1) is 0 Å². The zero-order valence-electron chi connectivity index (χ0n) is 14.2. The lowest BCUT2D eigenvalue weighted by Crippen LogP contribution is -2.30. The summed E-state index contributed by atoms with van der Waals surface area (Å²) in [5.74, 6) is -0.173. The van der Waals surface area contributed by atoms with Gasteiger partial charge < -0.3 is 19.2 Å². The molecule has 0 aliphatic carbocycles. The van der Waals surface area contributed by atoms with Gasteiger partial charge in [0.2, 0.25) is 0 Å². The van der Waals surface area contributed by atoms with Gasteiger partial charge in [0.25, 0.3) is 5.91 Å². The maximum absolute atomic E-state index is 12.3. The molecule has 0 spiro atoms. The molecule has 1 fully saturated rings. The van der Waals surface area contributed by atoms with Crippen molar-refractivity contribution >= 4 is 33.5 Å². The van der Waals surface area contributed by atoms with Crippen LogP contribution in [0.5, 0.6) is 0 Å². The van der Waals surface area contributed by atoms with Crippen LogP contribution in [0.15, 0.2) is 46.9 Å². The number of carbonyl (C=O) groups is 1. The molecule has 4 rings (SSSR count). The molecular formula is C20H21NO4. The van der Waals surface area contributed by atoms with E-state index in [-0.39, 0.29) is 12.0 Å². The molecule has 0 radical (unpaired) electrons. The number of hydrogen-bond donors (Lipinski definition) is 1. The zero-order chi connectivity index (χ0) is 17.2. The minimum absolute atomic E-state index is 0.113. The van der Waals surface area contributed by atoms with E-state index in [1.54, 1.807) is 6.92 Å². The van der Waals surface area contributed by atoms with Crippen LogP contribution in [0.4, 0.5) is 5.69 Å². The summed E-state index contributed by atoms with van der Waals surface area (Å²) in [6.07, 6.45) is 1.64. The van der Waals surface area contributed by atoms with Crippen LogP contribution in [-0.4, -0.2) is 31.3 Å². The third kappa shape index (κ3) is 3.38. The smallest absolute Gasteiger partial charge is 0.253 e. The Hall–Kier alpha value is -2.37. The van der Waals surface area contributed by atoms with Crippen LogP contribution in [0.1, 0.15) is 19.8 Å². The van der Waals surface area contributed by atoms with E-state index in [0.29, 0.717) is 12.3 Å². The van der Waals surface area contributed by atoms with Gasteiger partial charge in [-0.2, -0.15) is 0 Å². The first-order valence-corrected chi connectivity index (χ1v) is 8.66. The number of nitrogens with one attached hydrogen (secondary N) is 1. The van der Waals surface area contributed by atoms with Gasteiger partial charge >= 0.3 is 0 Å². The number of amides is 1. The maximum Gasteiger partial charge on any atom is 0.253 e. The van der Waals surface area contributed by atoms with E-state index >= 15 is 0 Å². The Bertz CT molecular complexity index is 895. The van der Waals surface area contributed by atoms with Gasteiger partial charge in [0, 0.05) is 29.1 Å². The van der Waals surface area contributed by atoms with Crippen LogP contribution in [0.25, 0.3) is 21.9 Å². The molecular weight excluding hydrogens is 318 g/mol. The van der Waals surface area contributed by atoms with Crippen molar-refractivity contribution in [1.82, 2.24) is 0 Å². The third-order valence-electron chi connectivity index (χ3n) is 4.57. The van der Waals surface area contributed by atoms with Gasteiger partial charge in [-0.15, -0.1) is 0 Å². The second-order valence-electron chi connectivity index (χ2n) is 6.41. The largest absolute Gasteiger partial charge is 0.456 e. The number of rotatable bonds is 5. The predicted molar refractivity (Wildman–Crippen MR) is 96.7 cm³/mol. The van der Waals surface area contributed by atoms with Crippen LogP contribution in [-0.2, 0) is 14.3 Å². The number of para-hydroxylation sites is 1. The number of anilines is 1. The van der Waals surface area contributed by atoms with E-state index in [4.69, 9.17) is 13.9 Å². The predicted octanol–water partition coefficient (Wildman–Crippen LogP) is 4.11. The van der Waals surface area contributed by atoms with Crippen molar-refractivity contribution in [2.24, 2.45) is 0 Å². The van der Waals surface area contributed by atoms with Gasteiger partial charge in [-0.25, -0.2) is 0 Å². The molecule has 25 heavy (non-hydrogen) atoms. The highest BCUT2D eigenvalue weighted by molar-refractivity contribution is 6.06. The van der Waals surface area contributed by atoms with Gasteiger partial charge in [-0.3, -0.25) is 4.79 Å². The first kappa shape index (κ1) is 16.1. The number of carbonyl (C=O) groups excluding carboxylic acids is 1. The van der Waals surface area contributed by atoms with E-state index in [1.165, 1.54) is 0 Å². The lowest BCUT2D eigenvalue weighted by atomic mass is 10.1. The average Bonchev–Trinajstić information content (AvgIpc) is 3.26. The van der Waals surface area contributed by atoms with E-state index in [9.17, 15) is 4.79 Å². The summed E-state index contributed by atoms with van der Waals surface area (Å²) < 4.78 is 17.0. The summed E-state index contributed by atoms with van der Waals surface area (Å²) in [5, 5.41) is 5.00. The molecule has 0 unspecified atom stereocenters. The second kappa shape index (κ2) is 6.86. The maximum atomic E-state index is 12.3. The van der Waals surface area contributed by atoms with Crippen molar-refractivity contribution in [2.45, 2.75) is 32.0 Å². The van der Waals surface area contributed by atoms with Gasteiger partial charge in [-0.05, 0) is 38.0 Å². The molecule has 2 atom stereocenters. The summed E-state index contributed by atoms with van der Waals surface area (Å²) >= 11 is 0. The highest BCUT2D eigenvalue weighted by atomic mass is 16.5. The van der Waals surface area contributed by atoms with Gasteiger partial charge in [0.15, 0.2) is 0 Å². The Balaban J connectivity index is 1.44. The van der Waals surface area contributed by atoms with Crippen molar-refractivity contribution < 1.29 is 18.7 Å². The topological polar surface area (TPSA) is 60.7 Å². The van der Waals surface area contributed by atoms with Crippen LogP contribution in [0.2, 0.25) is 0 Å². The molecule has 1 saturated heterocycles. The molecule has 0 bridgehead atoms. The Labute approximate surface area is 145 Å². The molecule has 1 aliphatic rings. The summed E-state index contributed by atoms with van der Waals surface area (Å²) in [6.45, 7) is 2.99. The fourth-order valence-corrected chi connectivity index (χ4v) is 3.15. The highest BCUT2D eigenvalue weighted by Crippen LogP contribution is 2.30. The van der Waals surface area contributed by atoms with Crippen LogP contribution < -0.4 is 5.32 Å². The normalized spacial score (nSPS) is 18.7. The monoisotopic (exact) mass is 339 g/mol. The number of fused-ring (bicyclic) bond motifs is 3. The summed E-state index contributed by atoms with van der Waals surface area (Å²) in [4.78, 5) is 12.3. The lowest BCUT2D eigenvalue weighted by molar-refractivity contribution is -0.128. The number of hydrogen-bond acceptors (Lipinski definition) is 4. The Morgan fingerprint density at radius 2 is 2.08 bits per heavy atom. The average molecular weight is 339 g/mol. The zero-order valence-corrected chi connectivity index (χ0v) is 14.2. The second-order valence-corrected chi connectivity index (χ2v) is 6.41. The van der Waals surface area contributed by atoms with Crippen molar-refractivity contribution in [3.63, 3.8) is 0 Å². The van der Waals surface area contributed by atoms with Crippen molar-refractivity contribution in [3.8, 4) is 0 Å². The molecule has 1 aromatic heterocycles.